The van der Waals surface area contributed by atoms with Crippen LogP contribution < -0.4 is 10.6 Å². The summed E-state index contributed by atoms with van der Waals surface area (Å²) in [5, 5.41) is 13.6. The molecule has 1 saturated heterocycles. The SMILES string of the molecule is CN1CCC(N(C)c2ccc3nc(N)nn3c2C(=O)O)CC1. The lowest BCUT2D eigenvalue weighted by atomic mass is 10.0. The first-order chi connectivity index (χ1) is 10.5. The number of hydrogen-bond donors (Lipinski definition) is 2. The van der Waals surface area contributed by atoms with Crippen molar-refractivity contribution in [2.24, 2.45) is 0 Å². The van der Waals surface area contributed by atoms with E-state index in [1.165, 1.54) is 4.52 Å². The molecule has 0 aromatic carbocycles. The molecule has 2 aromatic heterocycles. The maximum Gasteiger partial charge on any atom is 0.356 e. The van der Waals surface area contributed by atoms with Gasteiger partial charge < -0.3 is 20.6 Å². The zero-order valence-corrected chi connectivity index (χ0v) is 12.7. The standard InChI is InChI=1S/C14H20N6O2/c1-18-7-5-9(6-8-18)19(2)10-3-4-11-16-14(15)17-20(11)12(10)13(21)22/h3-4,9H,5-8H2,1-2H3,(H2,15,17)(H,21,22). The van der Waals surface area contributed by atoms with Gasteiger partial charge in [0.15, 0.2) is 11.3 Å². The summed E-state index contributed by atoms with van der Waals surface area (Å²) >= 11 is 0. The van der Waals surface area contributed by atoms with E-state index in [4.69, 9.17) is 5.73 Å². The van der Waals surface area contributed by atoms with Gasteiger partial charge in [0.05, 0.1) is 5.69 Å². The first-order valence-electron chi connectivity index (χ1n) is 7.27. The molecule has 1 aliphatic rings. The van der Waals surface area contributed by atoms with E-state index in [1.54, 1.807) is 12.1 Å². The van der Waals surface area contributed by atoms with Crippen LogP contribution in [0, 0.1) is 0 Å². The van der Waals surface area contributed by atoms with Gasteiger partial charge in [-0.2, -0.15) is 4.98 Å². The number of likely N-dealkylation sites (tertiary alicyclic amines) is 1. The molecule has 0 unspecified atom stereocenters. The third-order valence-corrected chi connectivity index (χ3v) is 4.31. The summed E-state index contributed by atoms with van der Waals surface area (Å²) < 4.78 is 1.30. The maximum absolute atomic E-state index is 11.7. The van der Waals surface area contributed by atoms with E-state index >= 15 is 0 Å². The van der Waals surface area contributed by atoms with Crippen molar-refractivity contribution in [3.8, 4) is 0 Å². The highest BCUT2D eigenvalue weighted by Gasteiger charge is 2.26. The molecule has 3 rings (SSSR count). The molecular formula is C14H20N6O2. The van der Waals surface area contributed by atoms with Crippen molar-refractivity contribution in [2.45, 2.75) is 18.9 Å². The Morgan fingerprint density at radius 2 is 2.09 bits per heavy atom. The van der Waals surface area contributed by atoms with Crippen LogP contribution in [0.4, 0.5) is 11.6 Å². The number of rotatable bonds is 3. The van der Waals surface area contributed by atoms with Crippen molar-refractivity contribution in [3.63, 3.8) is 0 Å². The molecule has 2 aromatic rings. The monoisotopic (exact) mass is 304 g/mol. The molecule has 8 heteroatoms. The van der Waals surface area contributed by atoms with Gasteiger partial charge in [-0.1, -0.05) is 0 Å². The molecule has 3 heterocycles. The van der Waals surface area contributed by atoms with Gasteiger partial charge in [-0.3, -0.25) is 0 Å². The number of fused-ring (bicyclic) bond motifs is 1. The number of piperidine rings is 1. The Bertz CT molecular complexity index is 705. The van der Waals surface area contributed by atoms with Gasteiger partial charge >= 0.3 is 5.97 Å². The Hall–Kier alpha value is -2.35. The van der Waals surface area contributed by atoms with Gasteiger partial charge in [-0.15, -0.1) is 5.10 Å². The number of pyridine rings is 1. The smallest absolute Gasteiger partial charge is 0.356 e. The van der Waals surface area contributed by atoms with Gasteiger partial charge in [-0.25, -0.2) is 9.31 Å². The average Bonchev–Trinajstić information content (AvgIpc) is 2.86. The predicted octanol–water partition coefficient (Wildman–Crippen LogP) is 0.540. The lowest BCUT2D eigenvalue weighted by Gasteiger charge is -2.36. The topological polar surface area (TPSA) is 100.0 Å². The van der Waals surface area contributed by atoms with E-state index in [2.05, 4.69) is 22.0 Å². The first kappa shape index (κ1) is 14.6. The van der Waals surface area contributed by atoms with Gasteiger partial charge in [-0.05, 0) is 45.1 Å². The number of carbonyl (C=O) groups is 1. The van der Waals surface area contributed by atoms with Crippen molar-refractivity contribution in [1.29, 1.82) is 0 Å². The summed E-state index contributed by atoms with van der Waals surface area (Å²) in [5.74, 6) is -0.966. The molecule has 1 fully saturated rings. The van der Waals surface area contributed by atoms with Crippen molar-refractivity contribution in [3.05, 3.63) is 17.8 Å². The number of carboxylic acids is 1. The van der Waals surface area contributed by atoms with Gasteiger partial charge in [0.1, 0.15) is 0 Å². The number of nitrogens with zero attached hydrogens (tertiary/aromatic N) is 5. The maximum atomic E-state index is 11.7. The highest BCUT2D eigenvalue weighted by atomic mass is 16.4. The predicted molar refractivity (Wildman–Crippen MR) is 83.3 cm³/mol. The fourth-order valence-corrected chi connectivity index (χ4v) is 3.02. The van der Waals surface area contributed by atoms with Crippen LogP contribution >= 0.6 is 0 Å². The first-order valence-corrected chi connectivity index (χ1v) is 7.27. The van der Waals surface area contributed by atoms with Crippen molar-refractivity contribution < 1.29 is 9.90 Å². The van der Waals surface area contributed by atoms with Crippen LogP contribution in [0.15, 0.2) is 12.1 Å². The highest BCUT2D eigenvalue weighted by Crippen LogP contribution is 2.26. The van der Waals surface area contributed by atoms with Gasteiger partial charge in [0.25, 0.3) is 0 Å². The molecule has 0 aliphatic carbocycles. The molecule has 1 aliphatic heterocycles. The van der Waals surface area contributed by atoms with E-state index in [9.17, 15) is 9.90 Å². The molecule has 0 atom stereocenters. The fourth-order valence-electron chi connectivity index (χ4n) is 3.02. The second-order valence-electron chi connectivity index (χ2n) is 5.76. The normalized spacial score (nSPS) is 17.0. The molecule has 22 heavy (non-hydrogen) atoms. The summed E-state index contributed by atoms with van der Waals surface area (Å²) in [6, 6.07) is 3.84. The second-order valence-corrected chi connectivity index (χ2v) is 5.76. The fraction of sp³-hybridized carbons (Fsp3) is 0.500. The minimum atomic E-state index is -1.04. The molecule has 3 N–H and O–H groups in total. The third-order valence-electron chi connectivity index (χ3n) is 4.31. The van der Waals surface area contributed by atoms with Crippen LogP contribution in [-0.2, 0) is 0 Å². The number of carboxylic acid groups (broad SMARTS) is 1. The van der Waals surface area contributed by atoms with Crippen LogP contribution in [0.1, 0.15) is 23.3 Å². The van der Waals surface area contributed by atoms with Gasteiger partial charge in [0, 0.05) is 13.1 Å². The number of aromatic nitrogens is 3. The zero-order chi connectivity index (χ0) is 15.9. The van der Waals surface area contributed by atoms with Crippen molar-refractivity contribution >= 4 is 23.3 Å². The number of nitrogen functional groups attached to an aromatic ring is 1. The molecule has 0 spiro atoms. The van der Waals surface area contributed by atoms with Crippen LogP contribution in [0.3, 0.4) is 0 Å². The third kappa shape index (κ3) is 2.45. The van der Waals surface area contributed by atoms with Crippen LogP contribution in [-0.4, -0.2) is 63.8 Å². The summed E-state index contributed by atoms with van der Waals surface area (Å²) in [4.78, 5) is 20.1. The lowest BCUT2D eigenvalue weighted by Crippen LogP contribution is -2.42. The zero-order valence-electron chi connectivity index (χ0n) is 12.7. The van der Waals surface area contributed by atoms with Crippen molar-refractivity contribution in [1.82, 2.24) is 19.5 Å². The van der Waals surface area contributed by atoms with E-state index in [0.717, 1.165) is 25.9 Å². The lowest BCUT2D eigenvalue weighted by molar-refractivity contribution is 0.0688. The van der Waals surface area contributed by atoms with Crippen LogP contribution in [0.5, 0.6) is 0 Å². The quantitative estimate of drug-likeness (QED) is 0.853. The van der Waals surface area contributed by atoms with E-state index in [-0.39, 0.29) is 11.6 Å². The Balaban J connectivity index is 2.02. The minimum absolute atomic E-state index is 0.0709. The summed E-state index contributed by atoms with van der Waals surface area (Å²) in [5.41, 5.74) is 6.77. The number of anilines is 2. The average molecular weight is 304 g/mol. The summed E-state index contributed by atoms with van der Waals surface area (Å²) in [6.45, 7) is 2.02. The Morgan fingerprint density at radius 3 is 2.73 bits per heavy atom. The minimum Gasteiger partial charge on any atom is -0.476 e. The molecule has 8 nitrogen and oxygen atoms in total. The molecule has 0 bridgehead atoms. The van der Waals surface area contributed by atoms with E-state index in [1.807, 2.05) is 11.9 Å². The second kappa shape index (κ2) is 5.45. The largest absolute Gasteiger partial charge is 0.476 e. The number of aromatic carboxylic acids is 1. The van der Waals surface area contributed by atoms with Gasteiger partial charge in [0.2, 0.25) is 5.95 Å². The number of hydrogen-bond acceptors (Lipinski definition) is 6. The van der Waals surface area contributed by atoms with Crippen LogP contribution in [0.25, 0.3) is 5.65 Å². The number of nitrogens with two attached hydrogens (primary N) is 1. The van der Waals surface area contributed by atoms with Crippen molar-refractivity contribution in [2.75, 3.05) is 37.8 Å². The van der Waals surface area contributed by atoms with E-state index < -0.39 is 5.97 Å². The van der Waals surface area contributed by atoms with E-state index in [0.29, 0.717) is 17.4 Å². The summed E-state index contributed by atoms with van der Waals surface area (Å²) in [6.07, 6.45) is 2.01. The Morgan fingerprint density at radius 1 is 1.41 bits per heavy atom. The molecule has 118 valence electrons. The van der Waals surface area contributed by atoms with Crippen LogP contribution in [0.2, 0.25) is 0 Å². The molecule has 0 radical (unpaired) electrons. The summed E-state index contributed by atoms with van der Waals surface area (Å²) in [7, 11) is 4.03. The molecule has 0 amide bonds. The highest BCUT2D eigenvalue weighted by molar-refractivity contribution is 5.93. The Kier molecular flexibility index (Phi) is 3.61. The molecule has 0 saturated carbocycles. The Labute approximate surface area is 128 Å². The molecular weight excluding hydrogens is 284 g/mol.